The lowest BCUT2D eigenvalue weighted by molar-refractivity contribution is -0.0789. The van der Waals surface area contributed by atoms with Crippen molar-refractivity contribution >= 4 is 0 Å². The van der Waals surface area contributed by atoms with Crippen LogP contribution < -0.4 is 5.32 Å². The molecule has 0 aromatic rings. The number of hydrogen-bond acceptors (Lipinski definition) is 3. The average Bonchev–Trinajstić information content (AvgIpc) is 2.64. The van der Waals surface area contributed by atoms with Crippen molar-refractivity contribution in [3.05, 3.63) is 0 Å². The SMILES string of the molecule is C1CCN2[C@H]3C[C@@H](CN3)N2C1. The molecular formula is C8H15N3. The molecule has 0 unspecified atom stereocenters. The predicted molar refractivity (Wildman–Crippen MR) is 42.8 cm³/mol. The molecule has 3 heteroatoms. The Hall–Kier alpha value is -0.120. The van der Waals surface area contributed by atoms with E-state index in [0.29, 0.717) is 6.17 Å². The van der Waals surface area contributed by atoms with Gasteiger partial charge in [-0.25, -0.2) is 10.0 Å². The molecule has 0 radical (unpaired) electrons. The Morgan fingerprint density at radius 2 is 1.91 bits per heavy atom. The van der Waals surface area contributed by atoms with Crippen LogP contribution in [0, 0.1) is 0 Å². The Morgan fingerprint density at radius 1 is 1.09 bits per heavy atom. The third-order valence-corrected chi connectivity index (χ3v) is 3.22. The average molecular weight is 153 g/mol. The molecule has 3 aliphatic heterocycles. The lowest BCUT2D eigenvalue weighted by Gasteiger charge is -2.41. The van der Waals surface area contributed by atoms with Crippen LogP contribution in [0.5, 0.6) is 0 Å². The van der Waals surface area contributed by atoms with Crippen molar-refractivity contribution in [3.63, 3.8) is 0 Å². The molecule has 3 nitrogen and oxygen atoms in total. The molecule has 0 aliphatic carbocycles. The third kappa shape index (κ3) is 0.789. The van der Waals surface area contributed by atoms with Gasteiger partial charge in [0.15, 0.2) is 0 Å². The van der Waals surface area contributed by atoms with E-state index >= 15 is 0 Å². The molecule has 3 saturated heterocycles. The van der Waals surface area contributed by atoms with E-state index in [1.165, 1.54) is 38.9 Å². The van der Waals surface area contributed by atoms with Crippen molar-refractivity contribution in [1.82, 2.24) is 15.3 Å². The number of hydrazine groups is 1. The minimum Gasteiger partial charge on any atom is -0.299 e. The molecule has 11 heavy (non-hydrogen) atoms. The largest absolute Gasteiger partial charge is 0.299 e. The van der Waals surface area contributed by atoms with E-state index in [1.807, 2.05) is 0 Å². The summed E-state index contributed by atoms with van der Waals surface area (Å²) in [5.41, 5.74) is 0. The van der Waals surface area contributed by atoms with Crippen LogP contribution >= 0.6 is 0 Å². The summed E-state index contributed by atoms with van der Waals surface area (Å²) in [6, 6.07) is 0.834. The van der Waals surface area contributed by atoms with Crippen molar-refractivity contribution < 1.29 is 0 Å². The van der Waals surface area contributed by atoms with E-state index in [-0.39, 0.29) is 0 Å². The Kier molecular flexibility index (Phi) is 1.27. The second-order valence-corrected chi connectivity index (χ2v) is 3.85. The summed E-state index contributed by atoms with van der Waals surface area (Å²) in [5, 5.41) is 8.67. The predicted octanol–water partition coefficient (Wildman–Crippen LogP) is 0.000800. The molecule has 62 valence electrons. The van der Waals surface area contributed by atoms with Crippen molar-refractivity contribution in [2.24, 2.45) is 0 Å². The lowest BCUT2D eigenvalue weighted by Crippen LogP contribution is -2.57. The van der Waals surface area contributed by atoms with E-state index in [9.17, 15) is 0 Å². The standard InChI is InChI=1S/C8H15N3/c1-2-4-11-8-5-7(6-9-8)10(11)3-1/h7-9H,1-6H2/t7-,8-/m0/s1. The van der Waals surface area contributed by atoms with Crippen LogP contribution in [-0.2, 0) is 0 Å². The maximum atomic E-state index is 3.54. The number of nitrogens with one attached hydrogen (secondary N) is 1. The molecule has 2 atom stereocenters. The molecule has 3 rings (SSSR count). The molecule has 2 bridgehead atoms. The van der Waals surface area contributed by atoms with Crippen molar-refractivity contribution in [1.29, 1.82) is 0 Å². The highest BCUT2D eigenvalue weighted by Crippen LogP contribution is 2.30. The maximum Gasteiger partial charge on any atom is 0.0751 e. The van der Waals surface area contributed by atoms with Crippen LogP contribution in [0.4, 0.5) is 0 Å². The van der Waals surface area contributed by atoms with Gasteiger partial charge in [-0.15, -0.1) is 0 Å². The first-order chi connectivity index (χ1) is 5.45. The fourth-order valence-corrected chi connectivity index (χ4v) is 2.68. The molecule has 0 spiro atoms. The van der Waals surface area contributed by atoms with Gasteiger partial charge in [-0.3, -0.25) is 5.32 Å². The summed E-state index contributed by atoms with van der Waals surface area (Å²) in [6.45, 7) is 3.82. The van der Waals surface area contributed by atoms with Crippen LogP contribution in [0.3, 0.4) is 0 Å². The van der Waals surface area contributed by atoms with E-state index in [2.05, 4.69) is 15.3 Å². The van der Waals surface area contributed by atoms with E-state index in [1.54, 1.807) is 0 Å². The first-order valence-electron chi connectivity index (χ1n) is 4.72. The number of fused-ring (bicyclic) bond motifs is 5. The van der Waals surface area contributed by atoms with Gasteiger partial charge in [0, 0.05) is 25.7 Å². The first-order valence-corrected chi connectivity index (χ1v) is 4.72. The summed E-state index contributed by atoms with van der Waals surface area (Å²) in [6.07, 6.45) is 4.85. The molecular weight excluding hydrogens is 138 g/mol. The lowest BCUT2D eigenvalue weighted by atomic mass is 10.2. The monoisotopic (exact) mass is 153 g/mol. The highest BCUT2D eigenvalue weighted by molar-refractivity contribution is 4.95. The van der Waals surface area contributed by atoms with Crippen LogP contribution in [0.15, 0.2) is 0 Å². The van der Waals surface area contributed by atoms with Gasteiger partial charge in [-0.05, 0) is 19.3 Å². The number of hydrogen-bond donors (Lipinski definition) is 1. The second kappa shape index (κ2) is 2.19. The van der Waals surface area contributed by atoms with Crippen LogP contribution in [0.25, 0.3) is 0 Å². The van der Waals surface area contributed by atoms with E-state index < -0.39 is 0 Å². The maximum absolute atomic E-state index is 3.54. The highest BCUT2D eigenvalue weighted by atomic mass is 15.7. The van der Waals surface area contributed by atoms with Gasteiger partial charge >= 0.3 is 0 Å². The molecule has 3 aliphatic rings. The Bertz CT molecular complexity index is 153. The fourth-order valence-electron chi connectivity index (χ4n) is 2.68. The Morgan fingerprint density at radius 3 is 2.73 bits per heavy atom. The van der Waals surface area contributed by atoms with Gasteiger partial charge < -0.3 is 0 Å². The molecule has 0 amide bonds. The topological polar surface area (TPSA) is 18.5 Å². The van der Waals surface area contributed by atoms with Gasteiger partial charge in [-0.1, -0.05) is 0 Å². The van der Waals surface area contributed by atoms with Gasteiger partial charge in [0.05, 0.1) is 6.17 Å². The minimum absolute atomic E-state index is 0.695. The van der Waals surface area contributed by atoms with Crippen molar-refractivity contribution in [3.8, 4) is 0 Å². The summed E-state index contributed by atoms with van der Waals surface area (Å²) < 4.78 is 0. The summed E-state index contributed by atoms with van der Waals surface area (Å²) >= 11 is 0. The van der Waals surface area contributed by atoms with Crippen LogP contribution in [-0.4, -0.2) is 41.9 Å². The van der Waals surface area contributed by atoms with Crippen molar-refractivity contribution in [2.75, 3.05) is 19.6 Å². The normalized spacial score (nSPS) is 44.7. The van der Waals surface area contributed by atoms with Crippen LogP contribution in [0.1, 0.15) is 19.3 Å². The summed E-state index contributed by atoms with van der Waals surface area (Å²) in [5.74, 6) is 0. The Balaban J connectivity index is 1.84. The van der Waals surface area contributed by atoms with Crippen molar-refractivity contribution in [2.45, 2.75) is 31.5 Å². The smallest absolute Gasteiger partial charge is 0.0751 e. The van der Waals surface area contributed by atoms with Gasteiger partial charge in [-0.2, -0.15) is 0 Å². The summed E-state index contributed by atoms with van der Waals surface area (Å²) in [7, 11) is 0. The molecule has 0 aromatic heterocycles. The molecule has 0 aromatic carbocycles. The summed E-state index contributed by atoms with van der Waals surface area (Å²) in [4.78, 5) is 0. The quantitative estimate of drug-likeness (QED) is 0.528. The van der Waals surface area contributed by atoms with Gasteiger partial charge in [0.25, 0.3) is 0 Å². The molecule has 3 heterocycles. The minimum atomic E-state index is 0.695. The highest BCUT2D eigenvalue weighted by Gasteiger charge is 2.44. The zero-order chi connectivity index (χ0) is 7.26. The third-order valence-electron chi connectivity index (χ3n) is 3.22. The van der Waals surface area contributed by atoms with Crippen LogP contribution in [0.2, 0.25) is 0 Å². The second-order valence-electron chi connectivity index (χ2n) is 3.85. The molecule has 0 saturated carbocycles. The zero-order valence-electron chi connectivity index (χ0n) is 6.79. The van der Waals surface area contributed by atoms with Gasteiger partial charge in [0.1, 0.15) is 0 Å². The zero-order valence-corrected chi connectivity index (χ0v) is 6.79. The van der Waals surface area contributed by atoms with E-state index in [4.69, 9.17) is 0 Å². The number of rotatable bonds is 0. The molecule has 1 N–H and O–H groups in total. The molecule has 3 fully saturated rings. The Labute approximate surface area is 67.3 Å². The van der Waals surface area contributed by atoms with Gasteiger partial charge in [0.2, 0.25) is 0 Å². The van der Waals surface area contributed by atoms with E-state index in [0.717, 1.165) is 6.04 Å². The first kappa shape index (κ1) is 6.40. The number of nitrogens with zero attached hydrogens (tertiary/aromatic N) is 2. The fraction of sp³-hybridized carbons (Fsp3) is 1.00.